The third-order valence-electron chi connectivity index (χ3n) is 3.51. The van der Waals surface area contributed by atoms with Gasteiger partial charge in [0.1, 0.15) is 5.60 Å². The van der Waals surface area contributed by atoms with Crippen molar-refractivity contribution in [1.82, 2.24) is 0 Å². The van der Waals surface area contributed by atoms with Crippen molar-refractivity contribution in [3.05, 3.63) is 28.2 Å². The second kappa shape index (κ2) is 5.22. The zero-order valence-electron chi connectivity index (χ0n) is 12.9. The number of anilines is 1. The van der Waals surface area contributed by atoms with Gasteiger partial charge in [-0.15, -0.1) is 0 Å². The van der Waals surface area contributed by atoms with Gasteiger partial charge in [0.15, 0.2) is 5.41 Å². The van der Waals surface area contributed by atoms with Gasteiger partial charge in [-0.3, -0.25) is 4.79 Å². The lowest BCUT2D eigenvalue weighted by atomic mass is 9.83. The zero-order valence-corrected chi connectivity index (χ0v) is 14.5. The molecule has 4 nitrogen and oxygen atoms in total. The molecule has 1 atom stereocenters. The molecule has 23 heavy (non-hydrogen) atoms. The highest BCUT2D eigenvalue weighted by atomic mass is 79.9. The number of rotatable bonds is 0. The summed E-state index contributed by atoms with van der Waals surface area (Å²) < 4.78 is 46.1. The quantitative estimate of drug-likeness (QED) is 0.649. The number of carbonyl (C=O) groups excluding carboxylic acids is 2. The molecule has 0 radical (unpaired) electrons. The van der Waals surface area contributed by atoms with Crippen molar-refractivity contribution in [2.24, 2.45) is 0 Å². The van der Waals surface area contributed by atoms with Gasteiger partial charge in [0.25, 0.3) is 5.91 Å². The standard InChI is InChI=1S/C15H15BrF3NO3/c1-13(2,3)23-12(22)20-10-6-5-8(16)7-9(10)14(4,11(20)21)15(17,18)19/h5-7H,1-4H3. The second-order valence-corrected chi connectivity index (χ2v) is 7.32. The number of alkyl halides is 3. The summed E-state index contributed by atoms with van der Waals surface area (Å²) in [5, 5.41) is 0. The van der Waals surface area contributed by atoms with Crippen molar-refractivity contribution < 1.29 is 27.5 Å². The Balaban J connectivity index is 2.62. The summed E-state index contributed by atoms with van der Waals surface area (Å²) in [5.41, 5.74) is -4.14. The normalized spacial score (nSPS) is 21.4. The van der Waals surface area contributed by atoms with Crippen LogP contribution in [0.4, 0.5) is 23.7 Å². The van der Waals surface area contributed by atoms with E-state index in [1.165, 1.54) is 18.2 Å². The minimum absolute atomic E-state index is 0.118. The maximum Gasteiger partial charge on any atom is 0.421 e. The molecular formula is C15H15BrF3NO3. The topological polar surface area (TPSA) is 46.6 Å². The van der Waals surface area contributed by atoms with Crippen LogP contribution in [0.2, 0.25) is 0 Å². The maximum atomic E-state index is 13.6. The van der Waals surface area contributed by atoms with Gasteiger partial charge in [-0.2, -0.15) is 13.2 Å². The van der Waals surface area contributed by atoms with Crippen LogP contribution in [-0.2, 0) is 14.9 Å². The molecule has 8 heteroatoms. The van der Waals surface area contributed by atoms with Crippen LogP contribution in [0.25, 0.3) is 0 Å². The van der Waals surface area contributed by atoms with Gasteiger partial charge in [0.2, 0.25) is 0 Å². The van der Waals surface area contributed by atoms with E-state index in [9.17, 15) is 22.8 Å². The van der Waals surface area contributed by atoms with Gasteiger partial charge < -0.3 is 4.74 Å². The summed E-state index contributed by atoms with van der Waals surface area (Å²) in [6.07, 6.45) is -5.98. The van der Waals surface area contributed by atoms with Crippen LogP contribution < -0.4 is 4.90 Å². The van der Waals surface area contributed by atoms with Gasteiger partial charge >= 0.3 is 12.3 Å². The van der Waals surface area contributed by atoms with Crippen LogP contribution in [-0.4, -0.2) is 23.8 Å². The number of hydrogen-bond acceptors (Lipinski definition) is 3. The highest BCUT2D eigenvalue weighted by Gasteiger charge is 2.65. The lowest BCUT2D eigenvalue weighted by Crippen LogP contribution is -2.50. The first-order valence-electron chi connectivity index (χ1n) is 6.73. The van der Waals surface area contributed by atoms with Crippen molar-refractivity contribution in [2.45, 2.75) is 44.9 Å². The smallest absolute Gasteiger partial charge is 0.421 e. The monoisotopic (exact) mass is 393 g/mol. The molecule has 1 aliphatic rings. The van der Waals surface area contributed by atoms with E-state index < -0.39 is 29.2 Å². The number of ether oxygens (including phenoxy) is 1. The minimum atomic E-state index is -4.85. The Bertz CT molecular complexity index is 682. The van der Waals surface area contributed by atoms with E-state index in [0.29, 0.717) is 9.37 Å². The maximum absolute atomic E-state index is 13.6. The Morgan fingerprint density at radius 1 is 1.26 bits per heavy atom. The van der Waals surface area contributed by atoms with Crippen LogP contribution in [0, 0.1) is 0 Å². The number of imide groups is 1. The minimum Gasteiger partial charge on any atom is -0.443 e. The second-order valence-electron chi connectivity index (χ2n) is 6.41. The molecule has 1 aromatic rings. The number of hydrogen-bond donors (Lipinski definition) is 0. The highest BCUT2D eigenvalue weighted by Crippen LogP contribution is 2.51. The lowest BCUT2D eigenvalue weighted by molar-refractivity contribution is -0.187. The molecule has 0 aliphatic carbocycles. The van der Waals surface area contributed by atoms with Gasteiger partial charge in [-0.1, -0.05) is 15.9 Å². The first-order valence-corrected chi connectivity index (χ1v) is 7.52. The highest BCUT2D eigenvalue weighted by molar-refractivity contribution is 9.10. The predicted molar refractivity (Wildman–Crippen MR) is 81.3 cm³/mol. The summed E-state index contributed by atoms with van der Waals surface area (Å²) >= 11 is 3.10. The van der Waals surface area contributed by atoms with E-state index in [2.05, 4.69) is 15.9 Å². The largest absolute Gasteiger partial charge is 0.443 e. The average molecular weight is 394 g/mol. The molecule has 0 spiro atoms. The fourth-order valence-electron chi connectivity index (χ4n) is 2.31. The molecular weight excluding hydrogens is 379 g/mol. The summed E-state index contributed by atoms with van der Waals surface area (Å²) in [6.45, 7) is 5.47. The number of carbonyl (C=O) groups is 2. The molecule has 0 saturated carbocycles. The molecule has 1 heterocycles. The Morgan fingerprint density at radius 2 is 1.83 bits per heavy atom. The molecule has 1 aliphatic heterocycles. The fraction of sp³-hybridized carbons (Fsp3) is 0.467. The first kappa shape index (κ1) is 17.8. The predicted octanol–water partition coefficient (Wildman–Crippen LogP) is 4.55. The number of benzene rings is 1. The van der Waals surface area contributed by atoms with Gasteiger partial charge in [0.05, 0.1) is 5.69 Å². The number of amides is 2. The molecule has 0 N–H and O–H groups in total. The van der Waals surface area contributed by atoms with E-state index in [1.807, 2.05) is 0 Å². The summed E-state index contributed by atoms with van der Waals surface area (Å²) in [6, 6.07) is 3.95. The van der Waals surface area contributed by atoms with Crippen molar-refractivity contribution >= 4 is 33.6 Å². The van der Waals surface area contributed by atoms with Crippen LogP contribution in [0.15, 0.2) is 22.7 Å². The number of nitrogens with zero attached hydrogens (tertiary/aromatic N) is 1. The van der Waals surface area contributed by atoms with Crippen molar-refractivity contribution in [2.75, 3.05) is 4.90 Å². The third-order valence-corrected chi connectivity index (χ3v) is 4.01. The molecule has 126 valence electrons. The van der Waals surface area contributed by atoms with E-state index >= 15 is 0 Å². The van der Waals surface area contributed by atoms with Gasteiger partial charge in [-0.25, -0.2) is 9.69 Å². The molecule has 2 rings (SSSR count). The molecule has 0 fully saturated rings. The van der Waals surface area contributed by atoms with Crippen LogP contribution >= 0.6 is 15.9 Å². The van der Waals surface area contributed by atoms with E-state index in [0.717, 1.165) is 6.92 Å². The van der Waals surface area contributed by atoms with Crippen molar-refractivity contribution in [1.29, 1.82) is 0 Å². The molecule has 0 saturated heterocycles. The number of halogens is 4. The van der Waals surface area contributed by atoms with Crippen LogP contribution in [0.3, 0.4) is 0 Å². The molecule has 0 bridgehead atoms. The SMILES string of the molecule is CC(C)(C)OC(=O)N1C(=O)C(C)(C(F)(F)F)c2cc(Br)ccc21. The summed E-state index contributed by atoms with van der Waals surface area (Å²) in [4.78, 5) is 25.2. The van der Waals surface area contributed by atoms with Gasteiger partial charge in [0, 0.05) is 10.0 Å². The Hall–Kier alpha value is -1.57. The third kappa shape index (κ3) is 2.84. The fourth-order valence-corrected chi connectivity index (χ4v) is 2.68. The summed E-state index contributed by atoms with van der Waals surface area (Å²) in [7, 11) is 0. The van der Waals surface area contributed by atoms with Crippen molar-refractivity contribution in [3.63, 3.8) is 0 Å². The van der Waals surface area contributed by atoms with Gasteiger partial charge in [-0.05, 0) is 45.9 Å². The van der Waals surface area contributed by atoms with E-state index in [-0.39, 0.29) is 11.3 Å². The first-order chi connectivity index (χ1) is 10.3. The molecule has 1 unspecified atom stereocenters. The Kier molecular flexibility index (Phi) is 4.04. The summed E-state index contributed by atoms with van der Waals surface area (Å²) in [5.74, 6) is -1.37. The average Bonchev–Trinajstić information content (AvgIpc) is 2.57. The molecule has 0 aromatic heterocycles. The molecule has 1 aromatic carbocycles. The Labute approximate surface area is 139 Å². The van der Waals surface area contributed by atoms with Crippen LogP contribution in [0.5, 0.6) is 0 Å². The number of fused-ring (bicyclic) bond motifs is 1. The van der Waals surface area contributed by atoms with E-state index in [1.54, 1.807) is 20.8 Å². The van der Waals surface area contributed by atoms with Crippen LogP contribution in [0.1, 0.15) is 33.3 Å². The zero-order chi connectivity index (χ0) is 17.8. The molecule has 2 amide bonds. The van der Waals surface area contributed by atoms with Crippen molar-refractivity contribution in [3.8, 4) is 0 Å². The van der Waals surface area contributed by atoms with E-state index in [4.69, 9.17) is 4.74 Å². The Morgan fingerprint density at radius 3 is 2.30 bits per heavy atom. The lowest BCUT2D eigenvalue weighted by Gasteiger charge is -2.27.